The van der Waals surface area contributed by atoms with Crippen LogP contribution in [0.5, 0.6) is 0 Å². The Morgan fingerprint density at radius 1 is 1.25 bits per heavy atom. The van der Waals surface area contributed by atoms with Crippen LogP contribution in [0.25, 0.3) is 0 Å². The molecule has 92 valence electrons. The van der Waals surface area contributed by atoms with Gasteiger partial charge in [0.15, 0.2) is 0 Å². The van der Waals surface area contributed by atoms with Crippen LogP contribution in [0.15, 0.2) is 0 Å². The van der Waals surface area contributed by atoms with E-state index in [1.807, 2.05) is 0 Å². The summed E-state index contributed by atoms with van der Waals surface area (Å²) in [4.78, 5) is 14.5. The zero-order valence-electron chi connectivity index (χ0n) is 10.5. The molecular formula is C13H24N2O. The summed E-state index contributed by atoms with van der Waals surface area (Å²) in [6.45, 7) is 5.22. The topological polar surface area (TPSA) is 46.3 Å². The van der Waals surface area contributed by atoms with E-state index in [2.05, 4.69) is 18.7 Å². The normalized spacial score (nSPS) is 40.1. The molecule has 1 aliphatic carbocycles. The number of nitrogens with zero attached hydrogens (tertiary/aromatic N) is 1. The van der Waals surface area contributed by atoms with Crippen molar-refractivity contribution >= 4 is 5.91 Å². The van der Waals surface area contributed by atoms with Crippen LogP contribution >= 0.6 is 0 Å². The van der Waals surface area contributed by atoms with Crippen molar-refractivity contribution in [3.05, 3.63) is 0 Å². The summed E-state index contributed by atoms with van der Waals surface area (Å²) in [5.41, 5.74) is 5.93. The van der Waals surface area contributed by atoms with E-state index in [1.54, 1.807) is 0 Å². The van der Waals surface area contributed by atoms with Gasteiger partial charge in [0.2, 0.25) is 5.91 Å². The summed E-state index contributed by atoms with van der Waals surface area (Å²) in [6, 6.07) is 0.629. The number of hydrogen-bond donors (Lipinski definition) is 1. The molecule has 1 heterocycles. The van der Waals surface area contributed by atoms with Gasteiger partial charge in [0, 0.05) is 24.5 Å². The van der Waals surface area contributed by atoms with E-state index in [0.29, 0.717) is 23.9 Å². The van der Waals surface area contributed by atoms with Crippen molar-refractivity contribution in [1.29, 1.82) is 0 Å². The Kier molecular flexibility index (Phi) is 3.53. The number of carbonyl (C=O) groups is 1. The lowest BCUT2D eigenvalue weighted by atomic mass is 9.92. The van der Waals surface area contributed by atoms with Crippen molar-refractivity contribution in [3.8, 4) is 0 Å². The Morgan fingerprint density at radius 2 is 2.00 bits per heavy atom. The van der Waals surface area contributed by atoms with Crippen LogP contribution in [-0.2, 0) is 4.79 Å². The standard InChI is InChI=1S/C13H24N2O/c1-9-4-3-5-12(9)13(16)15-7-6-11(14)8-10(15)2/h9-12H,3-8,14H2,1-2H3. The highest BCUT2D eigenvalue weighted by Gasteiger charge is 2.36. The van der Waals surface area contributed by atoms with E-state index in [9.17, 15) is 4.79 Å². The summed E-state index contributed by atoms with van der Waals surface area (Å²) in [7, 11) is 0. The molecule has 1 saturated heterocycles. The van der Waals surface area contributed by atoms with Gasteiger partial charge < -0.3 is 10.6 Å². The molecule has 3 nitrogen and oxygen atoms in total. The maximum Gasteiger partial charge on any atom is 0.226 e. The average molecular weight is 224 g/mol. The molecule has 1 amide bonds. The largest absolute Gasteiger partial charge is 0.340 e. The van der Waals surface area contributed by atoms with Gasteiger partial charge >= 0.3 is 0 Å². The van der Waals surface area contributed by atoms with Gasteiger partial charge in [-0.3, -0.25) is 4.79 Å². The summed E-state index contributed by atoms with van der Waals surface area (Å²) < 4.78 is 0. The third-order valence-corrected chi connectivity index (χ3v) is 4.38. The molecule has 2 N–H and O–H groups in total. The minimum absolute atomic E-state index is 0.289. The quantitative estimate of drug-likeness (QED) is 0.737. The number of likely N-dealkylation sites (tertiary alicyclic amines) is 1. The highest BCUT2D eigenvalue weighted by molar-refractivity contribution is 5.79. The van der Waals surface area contributed by atoms with Crippen molar-refractivity contribution in [2.75, 3.05) is 6.54 Å². The van der Waals surface area contributed by atoms with E-state index in [1.165, 1.54) is 12.8 Å². The Morgan fingerprint density at radius 3 is 2.56 bits per heavy atom. The molecule has 4 atom stereocenters. The first-order chi connectivity index (χ1) is 7.59. The second-order valence-corrected chi connectivity index (χ2v) is 5.68. The van der Waals surface area contributed by atoms with Gasteiger partial charge in [-0.2, -0.15) is 0 Å². The molecule has 0 aromatic rings. The van der Waals surface area contributed by atoms with Crippen LogP contribution in [0, 0.1) is 11.8 Å². The van der Waals surface area contributed by atoms with Crippen LogP contribution in [0.2, 0.25) is 0 Å². The summed E-state index contributed by atoms with van der Waals surface area (Å²) in [5.74, 6) is 1.26. The van der Waals surface area contributed by atoms with Crippen LogP contribution in [0.3, 0.4) is 0 Å². The van der Waals surface area contributed by atoms with E-state index < -0.39 is 0 Å². The average Bonchev–Trinajstić information content (AvgIpc) is 2.63. The summed E-state index contributed by atoms with van der Waals surface area (Å²) in [6.07, 6.45) is 5.47. The SMILES string of the molecule is CC1CCCC1C(=O)N1CCC(N)CC1C. The van der Waals surface area contributed by atoms with Crippen LogP contribution in [0.1, 0.15) is 46.0 Å². The van der Waals surface area contributed by atoms with Crippen LogP contribution < -0.4 is 5.73 Å². The first kappa shape index (κ1) is 11.9. The van der Waals surface area contributed by atoms with E-state index >= 15 is 0 Å². The molecule has 0 bridgehead atoms. The molecule has 2 fully saturated rings. The van der Waals surface area contributed by atoms with Crippen LogP contribution in [0.4, 0.5) is 0 Å². The fraction of sp³-hybridized carbons (Fsp3) is 0.923. The number of piperidine rings is 1. The zero-order valence-corrected chi connectivity index (χ0v) is 10.5. The number of rotatable bonds is 1. The maximum atomic E-state index is 12.4. The number of nitrogens with two attached hydrogens (primary N) is 1. The first-order valence-electron chi connectivity index (χ1n) is 6.65. The Hall–Kier alpha value is -0.570. The molecule has 1 saturated carbocycles. The predicted octanol–water partition coefficient (Wildman–Crippen LogP) is 1.76. The fourth-order valence-corrected chi connectivity index (χ4v) is 3.26. The van der Waals surface area contributed by atoms with Gasteiger partial charge in [-0.25, -0.2) is 0 Å². The lowest BCUT2D eigenvalue weighted by molar-refractivity contribution is -0.140. The highest BCUT2D eigenvalue weighted by Crippen LogP contribution is 2.33. The van der Waals surface area contributed by atoms with Crippen molar-refractivity contribution in [1.82, 2.24) is 4.90 Å². The van der Waals surface area contributed by atoms with E-state index in [4.69, 9.17) is 5.73 Å². The Balaban J connectivity index is 1.98. The molecule has 2 rings (SSSR count). The first-order valence-corrected chi connectivity index (χ1v) is 6.65. The van der Waals surface area contributed by atoms with Gasteiger partial charge in [0.05, 0.1) is 0 Å². The molecule has 4 unspecified atom stereocenters. The predicted molar refractivity (Wildman–Crippen MR) is 64.9 cm³/mol. The van der Waals surface area contributed by atoms with E-state index in [0.717, 1.165) is 25.8 Å². The highest BCUT2D eigenvalue weighted by atomic mass is 16.2. The fourth-order valence-electron chi connectivity index (χ4n) is 3.26. The van der Waals surface area contributed by atoms with Gasteiger partial charge in [0.1, 0.15) is 0 Å². The van der Waals surface area contributed by atoms with Gasteiger partial charge in [-0.05, 0) is 38.5 Å². The molecule has 1 aliphatic heterocycles. The minimum atomic E-state index is 0.289. The van der Waals surface area contributed by atoms with Crippen molar-refractivity contribution in [2.45, 2.75) is 58.0 Å². The molecule has 2 aliphatic rings. The van der Waals surface area contributed by atoms with Crippen molar-refractivity contribution in [3.63, 3.8) is 0 Å². The Bertz CT molecular complexity index is 267. The number of hydrogen-bond acceptors (Lipinski definition) is 2. The molecule has 3 heteroatoms. The lowest BCUT2D eigenvalue weighted by Crippen LogP contribution is -2.50. The molecule has 16 heavy (non-hydrogen) atoms. The van der Waals surface area contributed by atoms with Crippen LogP contribution in [-0.4, -0.2) is 29.4 Å². The monoisotopic (exact) mass is 224 g/mol. The van der Waals surface area contributed by atoms with Gasteiger partial charge in [-0.1, -0.05) is 13.3 Å². The minimum Gasteiger partial charge on any atom is -0.340 e. The van der Waals surface area contributed by atoms with Crippen molar-refractivity contribution in [2.24, 2.45) is 17.6 Å². The molecular weight excluding hydrogens is 200 g/mol. The third kappa shape index (κ3) is 2.24. The third-order valence-electron chi connectivity index (χ3n) is 4.38. The van der Waals surface area contributed by atoms with Gasteiger partial charge in [0.25, 0.3) is 0 Å². The second kappa shape index (κ2) is 4.74. The van der Waals surface area contributed by atoms with Crippen molar-refractivity contribution < 1.29 is 4.79 Å². The molecule has 0 aromatic heterocycles. The summed E-state index contributed by atoms with van der Waals surface area (Å²) in [5, 5.41) is 0. The molecule has 0 spiro atoms. The molecule has 0 aromatic carbocycles. The number of carbonyl (C=O) groups excluding carboxylic acids is 1. The van der Waals surface area contributed by atoms with Gasteiger partial charge in [-0.15, -0.1) is 0 Å². The molecule has 0 radical (unpaired) electrons. The number of amides is 1. The zero-order chi connectivity index (χ0) is 11.7. The van der Waals surface area contributed by atoms with E-state index in [-0.39, 0.29) is 5.92 Å². The lowest BCUT2D eigenvalue weighted by Gasteiger charge is -2.38. The summed E-state index contributed by atoms with van der Waals surface area (Å²) >= 11 is 0. The second-order valence-electron chi connectivity index (χ2n) is 5.68. The Labute approximate surface area is 98.4 Å². The smallest absolute Gasteiger partial charge is 0.226 e. The maximum absolute atomic E-state index is 12.4.